The third kappa shape index (κ3) is 2.80. The molecule has 1 saturated heterocycles. The van der Waals surface area contributed by atoms with Gasteiger partial charge in [0, 0.05) is 32.4 Å². The number of nitrogens with zero attached hydrogens (tertiary/aromatic N) is 5. The number of hydrogen-bond donors (Lipinski definition) is 1. The van der Waals surface area contributed by atoms with Gasteiger partial charge in [-0.05, 0) is 12.1 Å². The van der Waals surface area contributed by atoms with Gasteiger partial charge in [0.15, 0.2) is 17.3 Å². The number of carbonyl (C=O) groups is 1. The summed E-state index contributed by atoms with van der Waals surface area (Å²) in [5.74, 6) is -0.461. The summed E-state index contributed by atoms with van der Waals surface area (Å²) in [4.78, 5) is 26.7. The van der Waals surface area contributed by atoms with Crippen LogP contribution in [-0.4, -0.2) is 52.2 Å². The summed E-state index contributed by atoms with van der Waals surface area (Å²) in [6, 6.07) is 2.96. The molecule has 0 aliphatic carbocycles. The number of aromatic nitrogens is 3. The Kier molecular flexibility index (Phi) is 3.82. The Morgan fingerprint density at radius 2 is 1.82 bits per heavy atom. The number of pyridine rings is 1. The van der Waals surface area contributed by atoms with Crippen molar-refractivity contribution >= 4 is 17.6 Å². The van der Waals surface area contributed by atoms with Crippen LogP contribution < -0.4 is 9.80 Å². The summed E-state index contributed by atoms with van der Waals surface area (Å²) < 4.78 is 13.7. The molecule has 0 atom stereocenters. The second kappa shape index (κ2) is 5.92. The van der Waals surface area contributed by atoms with Crippen LogP contribution in [0, 0.1) is 5.82 Å². The predicted octanol–water partition coefficient (Wildman–Crippen LogP) is 1.04. The third-order valence-corrected chi connectivity index (χ3v) is 3.50. The number of carboxylic acids is 1. The Bertz CT molecular complexity index is 671. The van der Waals surface area contributed by atoms with Gasteiger partial charge in [-0.2, -0.15) is 0 Å². The van der Waals surface area contributed by atoms with E-state index in [0.29, 0.717) is 37.8 Å². The van der Waals surface area contributed by atoms with Crippen molar-refractivity contribution in [3.63, 3.8) is 0 Å². The Hall–Kier alpha value is -2.77. The number of halogens is 1. The van der Waals surface area contributed by atoms with Crippen molar-refractivity contribution in [2.75, 3.05) is 36.0 Å². The van der Waals surface area contributed by atoms with Crippen LogP contribution in [0.3, 0.4) is 0 Å². The Morgan fingerprint density at radius 3 is 2.41 bits per heavy atom. The molecule has 22 heavy (non-hydrogen) atoms. The first-order chi connectivity index (χ1) is 10.6. The van der Waals surface area contributed by atoms with Crippen LogP contribution in [0.15, 0.2) is 30.7 Å². The minimum atomic E-state index is -1.10. The lowest BCUT2D eigenvalue weighted by molar-refractivity contribution is 0.0690. The lowest BCUT2D eigenvalue weighted by atomic mass is 10.3. The highest BCUT2D eigenvalue weighted by molar-refractivity contribution is 5.84. The summed E-state index contributed by atoms with van der Waals surface area (Å²) in [7, 11) is 0. The van der Waals surface area contributed by atoms with E-state index >= 15 is 0 Å². The number of piperazine rings is 1. The van der Waals surface area contributed by atoms with E-state index in [-0.39, 0.29) is 11.5 Å². The molecule has 0 radical (unpaired) electrons. The van der Waals surface area contributed by atoms with Gasteiger partial charge in [0.1, 0.15) is 5.82 Å². The van der Waals surface area contributed by atoms with Gasteiger partial charge in [0.05, 0.1) is 12.4 Å². The molecule has 0 bridgehead atoms. The number of carboxylic acid groups (broad SMARTS) is 1. The Balaban J connectivity index is 1.66. The van der Waals surface area contributed by atoms with E-state index in [9.17, 15) is 9.18 Å². The first kappa shape index (κ1) is 14.2. The molecule has 1 N–H and O–H groups in total. The van der Waals surface area contributed by atoms with Gasteiger partial charge >= 0.3 is 5.97 Å². The smallest absolute Gasteiger partial charge is 0.356 e. The standard InChI is InChI=1S/C14H14FN5O2/c15-10-2-1-3-16-13(10)20-6-4-19(5-7-20)12-9-17-11(8-18-12)14(21)22/h1-3,8-9H,4-7H2,(H,21,22). The molecule has 2 aromatic rings. The Labute approximate surface area is 126 Å². The minimum absolute atomic E-state index is 0.0852. The monoisotopic (exact) mass is 303 g/mol. The highest BCUT2D eigenvalue weighted by atomic mass is 19.1. The number of aromatic carboxylic acids is 1. The molecule has 0 saturated carbocycles. The van der Waals surface area contributed by atoms with Crippen LogP contribution in [0.2, 0.25) is 0 Å². The molecular formula is C14H14FN5O2. The molecule has 0 amide bonds. The van der Waals surface area contributed by atoms with Gasteiger partial charge in [0.2, 0.25) is 0 Å². The van der Waals surface area contributed by atoms with E-state index in [1.807, 2.05) is 9.80 Å². The maximum Gasteiger partial charge on any atom is 0.356 e. The zero-order valence-corrected chi connectivity index (χ0v) is 11.7. The van der Waals surface area contributed by atoms with Crippen LogP contribution in [0.1, 0.15) is 10.5 Å². The number of hydrogen-bond acceptors (Lipinski definition) is 6. The van der Waals surface area contributed by atoms with Gasteiger partial charge in [-0.25, -0.2) is 24.1 Å². The summed E-state index contributed by atoms with van der Waals surface area (Å²) in [5, 5.41) is 8.81. The van der Waals surface area contributed by atoms with Crippen molar-refractivity contribution in [1.82, 2.24) is 15.0 Å². The van der Waals surface area contributed by atoms with Crippen LogP contribution >= 0.6 is 0 Å². The molecule has 0 unspecified atom stereocenters. The molecular weight excluding hydrogens is 289 g/mol. The molecule has 1 aliphatic heterocycles. The van der Waals surface area contributed by atoms with Gasteiger partial charge < -0.3 is 14.9 Å². The normalized spacial score (nSPS) is 15.0. The second-order valence-corrected chi connectivity index (χ2v) is 4.85. The van der Waals surface area contributed by atoms with Crippen LogP contribution in [0.25, 0.3) is 0 Å². The van der Waals surface area contributed by atoms with Crippen molar-refractivity contribution in [3.8, 4) is 0 Å². The van der Waals surface area contributed by atoms with E-state index < -0.39 is 5.97 Å². The van der Waals surface area contributed by atoms with Crippen molar-refractivity contribution in [3.05, 3.63) is 42.2 Å². The molecule has 7 nitrogen and oxygen atoms in total. The molecule has 0 spiro atoms. The van der Waals surface area contributed by atoms with E-state index in [1.54, 1.807) is 12.3 Å². The van der Waals surface area contributed by atoms with Crippen LogP contribution in [0.4, 0.5) is 16.0 Å². The van der Waals surface area contributed by atoms with E-state index in [2.05, 4.69) is 15.0 Å². The summed E-state index contributed by atoms with van der Waals surface area (Å²) in [6.45, 7) is 2.49. The largest absolute Gasteiger partial charge is 0.476 e. The molecule has 114 valence electrons. The van der Waals surface area contributed by atoms with Gasteiger partial charge in [-0.3, -0.25) is 0 Å². The van der Waals surface area contributed by atoms with E-state index in [0.717, 1.165) is 0 Å². The van der Waals surface area contributed by atoms with Gasteiger partial charge in [-0.1, -0.05) is 0 Å². The van der Waals surface area contributed by atoms with Crippen molar-refractivity contribution in [2.24, 2.45) is 0 Å². The highest BCUT2D eigenvalue weighted by Gasteiger charge is 2.21. The fraction of sp³-hybridized carbons (Fsp3) is 0.286. The quantitative estimate of drug-likeness (QED) is 0.907. The van der Waals surface area contributed by atoms with E-state index in [1.165, 1.54) is 18.5 Å². The lowest BCUT2D eigenvalue weighted by Crippen LogP contribution is -2.47. The fourth-order valence-corrected chi connectivity index (χ4v) is 2.35. The predicted molar refractivity (Wildman–Crippen MR) is 77.6 cm³/mol. The van der Waals surface area contributed by atoms with Gasteiger partial charge in [-0.15, -0.1) is 0 Å². The summed E-state index contributed by atoms with van der Waals surface area (Å²) in [6.07, 6.45) is 4.25. The topological polar surface area (TPSA) is 82.5 Å². The zero-order chi connectivity index (χ0) is 15.5. The molecule has 1 fully saturated rings. The average molecular weight is 303 g/mol. The lowest BCUT2D eigenvalue weighted by Gasteiger charge is -2.35. The number of rotatable bonds is 3. The molecule has 1 aliphatic rings. The zero-order valence-electron chi connectivity index (χ0n) is 11.7. The van der Waals surface area contributed by atoms with Crippen molar-refractivity contribution < 1.29 is 14.3 Å². The second-order valence-electron chi connectivity index (χ2n) is 4.85. The van der Waals surface area contributed by atoms with Crippen LogP contribution in [-0.2, 0) is 0 Å². The number of anilines is 2. The third-order valence-electron chi connectivity index (χ3n) is 3.50. The van der Waals surface area contributed by atoms with Crippen molar-refractivity contribution in [2.45, 2.75) is 0 Å². The molecule has 3 rings (SSSR count). The summed E-state index contributed by atoms with van der Waals surface area (Å²) in [5.41, 5.74) is -0.0852. The maximum atomic E-state index is 13.7. The average Bonchev–Trinajstić information content (AvgIpc) is 2.56. The molecule has 2 aromatic heterocycles. The first-order valence-electron chi connectivity index (χ1n) is 6.81. The van der Waals surface area contributed by atoms with Crippen molar-refractivity contribution in [1.29, 1.82) is 0 Å². The molecule has 3 heterocycles. The summed E-state index contributed by atoms with van der Waals surface area (Å²) >= 11 is 0. The first-order valence-corrected chi connectivity index (χ1v) is 6.81. The molecule has 0 aromatic carbocycles. The minimum Gasteiger partial charge on any atom is -0.476 e. The maximum absolute atomic E-state index is 13.7. The van der Waals surface area contributed by atoms with E-state index in [4.69, 9.17) is 5.11 Å². The Morgan fingerprint density at radius 1 is 1.09 bits per heavy atom. The highest BCUT2D eigenvalue weighted by Crippen LogP contribution is 2.19. The molecule has 8 heteroatoms. The fourth-order valence-electron chi connectivity index (χ4n) is 2.35. The van der Waals surface area contributed by atoms with Crippen LogP contribution in [0.5, 0.6) is 0 Å². The van der Waals surface area contributed by atoms with Gasteiger partial charge in [0.25, 0.3) is 0 Å². The SMILES string of the molecule is O=C(O)c1cnc(N2CCN(c3ncccc3F)CC2)cn1.